The van der Waals surface area contributed by atoms with Crippen molar-refractivity contribution in [2.75, 3.05) is 4.31 Å². The Balaban J connectivity index is 2.50. The lowest BCUT2D eigenvalue weighted by atomic mass is 10.1. The summed E-state index contributed by atoms with van der Waals surface area (Å²) in [4.78, 5) is 0. The van der Waals surface area contributed by atoms with Gasteiger partial charge in [-0.25, -0.2) is 8.42 Å². The van der Waals surface area contributed by atoms with E-state index in [0.29, 0.717) is 12.8 Å². The summed E-state index contributed by atoms with van der Waals surface area (Å²) in [5.74, 6) is 0. The lowest BCUT2D eigenvalue weighted by Crippen LogP contribution is -2.41. The van der Waals surface area contributed by atoms with Crippen molar-refractivity contribution in [2.45, 2.75) is 38.0 Å². The minimum absolute atomic E-state index is 0.116. The second-order valence-electron chi connectivity index (χ2n) is 4.55. The normalized spacial score (nSPS) is 20.3. The average Bonchev–Trinajstić information content (AvgIpc) is 2.66. The summed E-state index contributed by atoms with van der Waals surface area (Å²) >= 11 is 0. The van der Waals surface area contributed by atoms with Crippen LogP contribution < -0.4 is 4.31 Å². The first-order valence-electron chi connectivity index (χ1n) is 6.03. The number of sulfonamides is 1. The predicted octanol–water partition coefficient (Wildman–Crippen LogP) is 2.07. The molecule has 2 unspecified atom stereocenters. The number of anilines is 1. The Kier molecular flexibility index (Phi) is 3.31. The minimum Gasteiger partial charge on any atom is -0.266 e. The average molecular weight is 264 g/mol. The second kappa shape index (κ2) is 4.62. The Morgan fingerprint density at radius 2 is 2.17 bits per heavy atom. The quantitative estimate of drug-likeness (QED) is 0.839. The minimum atomic E-state index is -3.59. The summed E-state index contributed by atoms with van der Waals surface area (Å²) in [6.45, 7) is 3.60. The molecule has 1 heterocycles. The summed E-state index contributed by atoms with van der Waals surface area (Å²) in [5.41, 5.74) is 1.75. The van der Waals surface area contributed by atoms with E-state index in [1.54, 1.807) is 13.0 Å². The summed E-state index contributed by atoms with van der Waals surface area (Å²) in [5, 5.41) is 8.03. The highest BCUT2D eigenvalue weighted by atomic mass is 32.2. The van der Waals surface area contributed by atoms with Crippen LogP contribution in [0.25, 0.3) is 0 Å². The standard InChI is InChI=1S/C13H16N2O2S/c1-3-12(9-14)18(16,17)15-10(2)8-11-6-4-5-7-13(11)15/h4-7,10,12H,3,8H2,1-2H3. The largest absolute Gasteiger partial charge is 0.266 e. The summed E-state index contributed by atoms with van der Waals surface area (Å²) in [6, 6.07) is 9.25. The third kappa shape index (κ3) is 1.87. The maximum atomic E-state index is 12.5. The lowest BCUT2D eigenvalue weighted by Gasteiger charge is -2.26. The number of para-hydroxylation sites is 1. The maximum absolute atomic E-state index is 12.5. The third-order valence-electron chi connectivity index (χ3n) is 3.29. The summed E-state index contributed by atoms with van der Waals surface area (Å²) in [6.07, 6.45) is 1.02. The van der Waals surface area contributed by atoms with E-state index in [2.05, 4.69) is 0 Å². The maximum Gasteiger partial charge on any atom is 0.251 e. The molecule has 1 aromatic rings. The van der Waals surface area contributed by atoms with Gasteiger partial charge in [0.2, 0.25) is 0 Å². The van der Waals surface area contributed by atoms with E-state index in [9.17, 15) is 8.42 Å². The Morgan fingerprint density at radius 3 is 2.78 bits per heavy atom. The van der Waals surface area contributed by atoms with Crippen molar-refractivity contribution in [2.24, 2.45) is 0 Å². The topological polar surface area (TPSA) is 61.2 Å². The molecule has 0 aliphatic carbocycles. The first-order valence-corrected chi connectivity index (χ1v) is 7.53. The van der Waals surface area contributed by atoms with Crippen LogP contribution in [0, 0.1) is 11.3 Å². The molecule has 0 amide bonds. The molecule has 18 heavy (non-hydrogen) atoms. The van der Waals surface area contributed by atoms with Crippen LogP contribution in [0.4, 0.5) is 5.69 Å². The van der Waals surface area contributed by atoms with E-state index in [1.165, 1.54) is 4.31 Å². The Hall–Kier alpha value is -1.54. The second-order valence-corrected chi connectivity index (χ2v) is 6.54. The molecule has 4 nitrogen and oxygen atoms in total. The molecule has 1 aliphatic rings. The zero-order valence-electron chi connectivity index (χ0n) is 10.5. The van der Waals surface area contributed by atoms with E-state index < -0.39 is 15.3 Å². The van der Waals surface area contributed by atoms with Gasteiger partial charge in [0.1, 0.15) is 0 Å². The van der Waals surface area contributed by atoms with Gasteiger partial charge in [0.05, 0.1) is 11.8 Å². The first-order chi connectivity index (χ1) is 8.52. The Labute approximate surface area is 108 Å². The van der Waals surface area contributed by atoms with Crippen LogP contribution in [-0.2, 0) is 16.4 Å². The molecule has 0 bridgehead atoms. The fourth-order valence-electron chi connectivity index (χ4n) is 2.43. The molecule has 0 spiro atoms. The number of fused-ring (bicyclic) bond motifs is 1. The zero-order chi connectivity index (χ0) is 13.3. The molecule has 2 rings (SSSR count). The molecule has 2 atom stereocenters. The van der Waals surface area contributed by atoms with Gasteiger partial charge >= 0.3 is 0 Å². The fraction of sp³-hybridized carbons (Fsp3) is 0.462. The molecule has 0 N–H and O–H groups in total. The van der Waals surface area contributed by atoms with Crippen molar-refractivity contribution in [1.82, 2.24) is 0 Å². The molecule has 1 aromatic carbocycles. The van der Waals surface area contributed by atoms with Crippen molar-refractivity contribution in [3.63, 3.8) is 0 Å². The highest BCUT2D eigenvalue weighted by molar-refractivity contribution is 7.93. The van der Waals surface area contributed by atoms with Crippen LogP contribution in [0.5, 0.6) is 0 Å². The van der Waals surface area contributed by atoms with Gasteiger partial charge in [-0.3, -0.25) is 4.31 Å². The van der Waals surface area contributed by atoms with Gasteiger partial charge in [0.25, 0.3) is 10.0 Å². The molecule has 1 aliphatic heterocycles. The van der Waals surface area contributed by atoms with Crippen molar-refractivity contribution >= 4 is 15.7 Å². The van der Waals surface area contributed by atoms with Gasteiger partial charge in [-0.2, -0.15) is 5.26 Å². The van der Waals surface area contributed by atoms with Crippen molar-refractivity contribution in [3.05, 3.63) is 29.8 Å². The van der Waals surface area contributed by atoms with Crippen LogP contribution in [-0.4, -0.2) is 19.7 Å². The summed E-state index contributed by atoms with van der Waals surface area (Å²) in [7, 11) is -3.59. The van der Waals surface area contributed by atoms with Crippen molar-refractivity contribution in [1.29, 1.82) is 5.26 Å². The molecule has 5 heteroatoms. The Bertz CT molecular complexity index is 589. The predicted molar refractivity (Wildman–Crippen MR) is 70.7 cm³/mol. The van der Waals surface area contributed by atoms with Gasteiger partial charge in [-0.05, 0) is 31.4 Å². The first kappa shape index (κ1) is 12.9. The van der Waals surface area contributed by atoms with Crippen LogP contribution in [0.2, 0.25) is 0 Å². The number of rotatable bonds is 3. The van der Waals surface area contributed by atoms with Gasteiger partial charge in [0, 0.05) is 6.04 Å². The van der Waals surface area contributed by atoms with Crippen molar-refractivity contribution in [3.8, 4) is 6.07 Å². The van der Waals surface area contributed by atoms with E-state index in [-0.39, 0.29) is 6.04 Å². The van der Waals surface area contributed by atoms with E-state index in [4.69, 9.17) is 5.26 Å². The van der Waals surface area contributed by atoms with E-state index in [0.717, 1.165) is 11.3 Å². The molecule has 0 saturated carbocycles. The highest BCUT2D eigenvalue weighted by Crippen LogP contribution is 2.35. The SMILES string of the molecule is CCC(C#N)S(=O)(=O)N1c2ccccc2CC1C. The van der Waals surface area contributed by atoms with E-state index >= 15 is 0 Å². The van der Waals surface area contributed by atoms with Crippen LogP contribution in [0.15, 0.2) is 24.3 Å². The Morgan fingerprint density at radius 1 is 1.50 bits per heavy atom. The van der Waals surface area contributed by atoms with Crippen LogP contribution >= 0.6 is 0 Å². The number of nitriles is 1. The molecular formula is C13H16N2O2S. The number of hydrogen-bond acceptors (Lipinski definition) is 3. The molecule has 96 valence electrons. The van der Waals surface area contributed by atoms with Gasteiger partial charge in [-0.1, -0.05) is 25.1 Å². The highest BCUT2D eigenvalue weighted by Gasteiger charge is 2.39. The molecular weight excluding hydrogens is 248 g/mol. The summed E-state index contributed by atoms with van der Waals surface area (Å²) < 4.78 is 26.4. The molecule has 0 fully saturated rings. The van der Waals surface area contributed by atoms with Gasteiger partial charge in [-0.15, -0.1) is 0 Å². The number of nitrogens with zero attached hydrogens (tertiary/aromatic N) is 2. The monoisotopic (exact) mass is 264 g/mol. The van der Waals surface area contributed by atoms with Crippen LogP contribution in [0.1, 0.15) is 25.8 Å². The molecule has 0 radical (unpaired) electrons. The van der Waals surface area contributed by atoms with E-state index in [1.807, 2.05) is 31.2 Å². The lowest BCUT2D eigenvalue weighted by molar-refractivity contribution is 0.575. The smallest absolute Gasteiger partial charge is 0.251 e. The van der Waals surface area contributed by atoms with Gasteiger partial charge < -0.3 is 0 Å². The van der Waals surface area contributed by atoms with Gasteiger partial charge in [0.15, 0.2) is 5.25 Å². The molecule has 0 saturated heterocycles. The third-order valence-corrected chi connectivity index (χ3v) is 5.56. The zero-order valence-corrected chi connectivity index (χ0v) is 11.3. The fourth-order valence-corrected chi connectivity index (χ4v) is 4.29. The van der Waals surface area contributed by atoms with Crippen LogP contribution in [0.3, 0.4) is 0 Å². The van der Waals surface area contributed by atoms with Crippen molar-refractivity contribution < 1.29 is 8.42 Å². The number of benzene rings is 1. The number of hydrogen-bond donors (Lipinski definition) is 0. The molecule has 0 aromatic heterocycles.